The quantitative estimate of drug-likeness (QED) is 0.754. The van der Waals surface area contributed by atoms with Crippen molar-refractivity contribution in [3.63, 3.8) is 0 Å². The Morgan fingerprint density at radius 3 is 2.62 bits per heavy atom. The Hall–Kier alpha value is -0.670. The van der Waals surface area contributed by atoms with Crippen molar-refractivity contribution in [2.45, 2.75) is 18.4 Å². The van der Waals surface area contributed by atoms with Crippen LogP contribution in [-0.2, 0) is 6.54 Å². The number of nitrogens with two attached hydrogens (primary N) is 1. The first kappa shape index (κ1) is 10.4. The SMILES string of the molecule is COc1cc(C)c(SC)cc1CN. The summed E-state index contributed by atoms with van der Waals surface area (Å²) in [6.07, 6.45) is 2.06. The van der Waals surface area contributed by atoms with Crippen LogP contribution in [0.2, 0.25) is 0 Å². The second-order valence-electron chi connectivity index (χ2n) is 2.84. The molecule has 1 aromatic carbocycles. The van der Waals surface area contributed by atoms with Gasteiger partial charge in [0.05, 0.1) is 7.11 Å². The number of hydrogen-bond donors (Lipinski definition) is 1. The summed E-state index contributed by atoms with van der Waals surface area (Å²) in [5.41, 5.74) is 7.92. The van der Waals surface area contributed by atoms with Crippen LogP contribution in [0.15, 0.2) is 17.0 Å². The largest absolute Gasteiger partial charge is 0.496 e. The number of thioether (sulfide) groups is 1. The molecule has 0 amide bonds. The Labute approximate surface area is 83.5 Å². The number of methoxy groups -OCH3 is 1. The molecule has 0 aliphatic heterocycles. The minimum Gasteiger partial charge on any atom is -0.496 e. The van der Waals surface area contributed by atoms with E-state index in [2.05, 4.69) is 19.2 Å². The Kier molecular flexibility index (Phi) is 3.63. The lowest BCUT2D eigenvalue weighted by Gasteiger charge is -2.10. The van der Waals surface area contributed by atoms with Crippen LogP contribution in [0, 0.1) is 6.92 Å². The van der Waals surface area contributed by atoms with Gasteiger partial charge in [0.25, 0.3) is 0 Å². The van der Waals surface area contributed by atoms with Crippen molar-refractivity contribution < 1.29 is 4.74 Å². The smallest absolute Gasteiger partial charge is 0.123 e. The topological polar surface area (TPSA) is 35.2 Å². The Balaban J connectivity index is 3.18. The first-order chi connectivity index (χ1) is 6.22. The van der Waals surface area contributed by atoms with E-state index in [0.29, 0.717) is 6.54 Å². The first-order valence-corrected chi connectivity index (χ1v) is 5.37. The van der Waals surface area contributed by atoms with Gasteiger partial charge in [0, 0.05) is 17.0 Å². The summed E-state index contributed by atoms with van der Waals surface area (Å²) in [4.78, 5) is 1.27. The number of benzene rings is 1. The van der Waals surface area contributed by atoms with Gasteiger partial charge in [0.1, 0.15) is 5.75 Å². The summed E-state index contributed by atoms with van der Waals surface area (Å²) >= 11 is 1.73. The van der Waals surface area contributed by atoms with Crippen LogP contribution in [-0.4, -0.2) is 13.4 Å². The lowest BCUT2D eigenvalue weighted by Crippen LogP contribution is -2.00. The lowest BCUT2D eigenvalue weighted by molar-refractivity contribution is 0.409. The molecule has 2 nitrogen and oxygen atoms in total. The van der Waals surface area contributed by atoms with Gasteiger partial charge in [-0.05, 0) is 30.9 Å². The fraction of sp³-hybridized carbons (Fsp3) is 0.400. The second-order valence-corrected chi connectivity index (χ2v) is 3.69. The summed E-state index contributed by atoms with van der Waals surface area (Å²) in [5, 5.41) is 0. The Morgan fingerprint density at radius 2 is 2.15 bits per heavy atom. The van der Waals surface area contributed by atoms with E-state index in [0.717, 1.165) is 11.3 Å². The summed E-state index contributed by atoms with van der Waals surface area (Å²) in [5.74, 6) is 0.887. The van der Waals surface area contributed by atoms with Crippen molar-refractivity contribution in [1.29, 1.82) is 0 Å². The van der Waals surface area contributed by atoms with Crippen LogP contribution in [0.5, 0.6) is 5.75 Å². The maximum atomic E-state index is 5.61. The Bertz CT molecular complexity index is 299. The summed E-state index contributed by atoms with van der Waals surface area (Å²) < 4.78 is 5.23. The van der Waals surface area contributed by atoms with Gasteiger partial charge in [-0.2, -0.15) is 0 Å². The molecular weight excluding hydrogens is 182 g/mol. The van der Waals surface area contributed by atoms with E-state index >= 15 is 0 Å². The molecule has 0 aromatic heterocycles. The Morgan fingerprint density at radius 1 is 1.46 bits per heavy atom. The highest BCUT2D eigenvalue weighted by atomic mass is 32.2. The minimum absolute atomic E-state index is 0.525. The van der Waals surface area contributed by atoms with Crippen molar-refractivity contribution in [2.24, 2.45) is 5.73 Å². The zero-order valence-electron chi connectivity index (χ0n) is 8.26. The molecule has 1 rings (SSSR count). The predicted octanol–water partition coefficient (Wildman–Crippen LogP) is 2.18. The van der Waals surface area contributed by atoms with Crippen LogP contribution in [0.1, 0.15) is 11.1 Å². The van der Waals surface area contributed by atoms with E-state index in [4.69, 9.17) is 10.5 Å². The fourth-order valence-corrected chi connectivity index (χ4v) is 1.91. The molecule has 0 radical (unpaired) electrons. The number of aryl methyl sites for hydroxylation is 1. The maximum absolute atomic E-state index is 5.61. The molecule has 13 heavy (non-hydrogen) atoms. The molecule has 0 heterocycles. The van der Waals surface area contributed by atoms with Gasteiger partial charge in [-0.1, -0.05) is 0 Å². The summed E-state index contributed by atoms with van der Waals surface area (Å²) in [6.45, 7) is 2.60. The zero-order valence-corrected chi connectivity index (χ0v) is 9.07. The third kappa shape index (κ3) is 2.17. The van der Waals surface area contributed by atoms with Gasteiger partial charge < -0.3 is 10.5 Å². The highest BCUT2D eigenvalue weighted by molar-refractivity contribution is 7.98. The van der Waals surface area contributed by atoms with Crippen LogP contribution < -0.4 is 10.5 Å². The molecule has 0 aliphatic carbocycles. The lowest BCUT2D eigenvalue weighted by atomic mass is 10.1. The van der Waals surface area contributed by atoms with Crippen molar-refractivity contribution in [3.05, 3.63) is 23.3 Å². The van der Waals surface area contributed by atoms with Gasteiger partial charge in [-0.25, -0.2) is 0 Å². The molecule has 0 aliphatic rings. The summed E-state index contributed by atoms with van der Waals surface area (Å²) in [6, 6.07) is 4.13. The second kappa shape index (κ2) is 4.53. The average Bonchev–Trinajstić information content (AvgIpc) is 2.17. The molecule has 0 fully saturated rings. The van der Waals surface area contributed by atoms with E-state index in [9.17, 15) is 0 Å². The molecule has 0 bridgehead atoms. The van der Waals surface area contributed by atoms with E-state index < -0.39 is 0 Å². The van der Waals surface area contributed by atoms with Crippen molar-refractivity contribution in [2.75, 3.05) is 13.4 Å². The standard InChI is InChI=1S/C10H15NOS/c1-7-4-9(12-2)8(6-11)5-10(7)13-3/h4-5H,6,11H2,1-3H3. The van der Waals surface area contributed by atoms with Gasteiger partial charge in [0.15, 0.2) is 0 Å². The molecule has 3 heteroatoms. The van der Waals surface area contributed by atoms with Crippen molar-refractivity contribution in [1.82, 2.24) is 0 Å². The van der Waals surface area contributed by atoms with Crippen LogP contribution in [0.25, 0.3) is 0 Å². The van der Waals surface area contributed by atoms with Gasteiger partial charge in [0.2, 0.25) is 0 Å². The average molecular weight is 197 g/mol. The van der Waals surface area contributed by atoms with E-state index in [1.807, 2.05) is 6.07 Å². The molecule has 0 spiro atoms. The predicted molar refractivity (Wildman–Crippen MR) is 57.4 cm³/mol. The molecule has 0 saturated heterocycles. The van der Waals surface area contributed by atoms with Crippen LogP contribution in [0.4, 0.5) is 0 Å². The van der Waals surface area contributed by atoms with Crippen LogP contribution in [0.3, 0.4) is 0 Å². The minimum atomic E-state index is 0.525. The first-order valence-electron chi connectivity index (χ1n) is 4.14. The highest BCUT2D eigenvalue weighted by Crippen LogP contribution is 2.28. The monoisotopic (exact) mass is 197 g/mol. The number of hydrogen-bond acceptors (Lipinski definition) is 3. The number of rotatable bonds is 3. The van der Waals surface area contributed by atoms with Gasteiger partial charge >= 0.3 is 0 Å². The van der Waals surface area contributed by atoms with Crippen LogP contribution >= 0.6 is 11.8 Å². The third-order valence-corrected chi connectivity index (χ3v) is 2.90. The molecule has 0 atom stereocenters. The molecule has 1 aromatic rings. The van der Waals surface area contributed by atoms with Crippen molar-refractivity contribution in [3.8, 4) is 5.75 Å². The molecule has 0 saturated carbocycles. The highest BCUT2D eigenvalue weighted by Gasteiger charge is 2.05. The molecular formula is C10H15NOS. The van der Waals surface area contributed by atoms with Gasteiger partial charge in [-0.15, -0.1) is 11.8 Å². The fourth-order valence-electron chi connectivity index (χ4n) is 1.27. The van der Waals surface area contributed by atoms with E-state index in [1.165, 1.54) is 10.5 Å². The van der Waals surface area contributed by atoms with E-state index in [-0.39, 0.29) is 0 Å². The number of ether oxygens (including phenoxy) is 1. The third-order valence-electron chi connectivity index (χ3n) is 2.02. The molecule has 2 N–H and O–H groups in total. The molecule has 0 unspecified atom stereocenters. The zero-order chi connectivity index (χ0) is 9.84. The molecule has 72 valence electrons. The maximum Gasteiger partial charge on any atom is 0.123 e. The summed E-state index contributed by atoms with van der Waals surface area (Å²) in [7, 11) is 1.67. The van der Waals surface area contributed by atoms with E-state index in [1.54, 1.807) is 18.9 Å². The van der Waals surface area contributed by atoms with Crippen molar-refractivity contribution >= 4 is 11.8 Å². The van der Waals surface area contributed by atoms with Gasteiger partial charge in [-0.3, -0.25) is 0 Å². The normalized spacial score (nSPS) is 10.2.